The molecule has 0 aliphatic carbocycles. The van der Waals surface area contributed by atoms with Gasteiger partial charge in [0, 0.05) is 5.02 Å². The monoisotopic (exact) mass is 294 g/mol. The number of carbonyl (C=O) groups excluding carboxylic acids is 1. The predicted octanol–water partition coefficient (Wildman–Crippen LogP) is 3.73. The molecule has 0 saturated heterocycles. The summed E-state index contributed by atoms with van der Waals surface area (Å²) >= 11 is 5.60. The predicted molar refractivity (Wildman–Crippen MR) is 62.9 cm³/mol. The number of alkyl halides is 3. The molecule has 0 amide bonds. The number of esters is 1. The largest absolute Gasteiger partial charge is 0.463 e. The van der Waals surface area contributed by atoms with Crippen LogP contribution >= 0.6 is 11.6 Å². The number of allylic oxidation sites excluding steroid dienone is 1. The zero-order valence-electron chi connectivity index (χ0n) is 9.83. The van der Waals surface area contributed by atoms with E-state index in [1.165, 1.54) is 31.2 Å². The molecule has 0 bridgehead atoms. The zero-order valence-corrected chi connectivity index (χ0v) is 10.6. The molecule has 0 aliphatic heterocycles. The SMILES string of the molecule is CCOC(=O)/C=C(\Oc1ccc(Cl)cc1)C(F)(F)F. The standard InChI is InChI=1S/C12H10ClF3O3/c1-2-18-11(17)7-10(12(14,15)16)19-9-5-3-8(13)4-6-9/h3-7H,2H2,1H3/b10-7-. The Kier molecular flexibility index (Phi) is 5.23. The van der Waals surface area contributed by atoms with Gasteiger partial charge in [-0.15, -0.1) is 0 Å². The quantitative estimate of drug-likeness (QED) is 0.482. The Labute approximate surface area is 112 Å². The average molecular weight is 295 g/mol. The summed E-state index contributed by atoms with van der Waals surface area (Å²) in [4.78, 5) is 11.0. The molecule has 0 spiro atoms. The van der Waals surface area contributed by atoms with Gasteiger partial charge < -0.3 is 9.47 Å². The van der Waals surface area contributed by atoms with Crippen LogP contribution in [0.1, 0.15) is 6.92 Å². The normalized spacial score (nSPS) is 12.2. The van der Waals surface area contributed by atoms with Gasteiger partial charge in [0.05, 0.1) is 12.7 Å². The van der Waals surface area contributed by atoms with Gasteiger partial charge in [0.1, 0.15) is 5.75 Å². The molecule has 0 aliphatic rings. The first-order valence-electron chi connectivity index (χ1n) is 5.22. The van der Waals surface area contributed by atoms with E-state index in [0.717, 1.165) is 0 Å². The summed E-state index contributed by atoms with van der Waals surface area (Å²) in [5.74, 6) is -2.66. The van der Waals surface area contributed by atoms with E-state index in [2.05, 4.69) is 9.47 Å². The molecule has 0 atom stereocenters. The van der Waals surface area contributed by atoms with Crippen molar-refractivity contribution in [2.24, 2.45) is 0 Å². The third kappa shape index (κ3) is 5.21. The van der Waals surface area contributed by atoms with Gasteiger partial charge in [0.25, 0.3) is 0 Å². The molecule has 3 nitrogen and oxygen atoms in total. The second-order valence-electron chi connectivity index (χ2n) is 3.31. The van der Waals surface area contributed by atoms with Crippen LogP contribution in [0.15, 0.2) is 36.1 Å². The lowest BCUT2D eigenvalue weighted by Gasteiger charge is -2.13. The highest BCUT2D eigenvalue weighted by atomic mass is 35.5. The number of rotatable bonds is 4. The Morgan fingerprint density at radius 3 is 2.37 bits per heavy atom. The smallest absolute Gasteiger partial charge is 0.449 e. The first kappa shape index (κ1) is 15.4. The third-order valence-corrected chi connectivity index (χ3v) is 2.11. The lowest BCUT2D eigenvalue weighted by atomic mass is 10.3. The number of carbonyl (C=O) groups is 1. The topological polar surface area (TPSA) is 35.5 Å². The number of hydrogen-bond acceptors (Lipinski definition) is 3. The van der Waals surface area contributed by atoms with E-state index >= 15 is 0 Å². The zero-order chi connectivity index (χ0) is 14.5. The fraction of sp³-hybridized carbons (Fsp3) is 0.250. The van der Waals surface area contributed by atoms with Crippen molar-refractivity contribution < 1.29 is 27.4 Å². The molecule has 1 aromatic carbocycles. The van der Waals surface area contributed by atoms with Gasteiger partial charge in [-0.3, -0.25) is 0 Å². The van der Waals surface area contributed by atoms with Crippen LogP contribution in [0.3, 0.4) is 0 Å². The van der Waals surface area contributed by atoms with E-state index in [0.29, 0.717) is 5.02 Å². The summed E-state index contributed by atoms with van der Waals surface area (Å²) in [6, 6.07) is 5.25. The van der Waals surface area contributed by atoms with Gasteiger partial charge in [0.15, 0.2) is 0 Å². The number of halogens is 4. The molecule has 7 heteroatoms. The van der Waals surface area contributed by atoms with Crippen LogP contribution in [0.5, 0.6) is 5.75 Å². The Hall–Kier alpha value is -1.69. The van der Waals surface area contributed by atoms with Gasteiger partial charge in [-0.05, 0) is 31.2 Å². The van der Waals surface area contributed by atoms with E-state index in [-0.39, 0.29) is 18.4 Å². The molecule has 1 aromatic rings. The molecule has 0 radical (unpaired) electrons. The molecular weight excluding hydrogens is 285 g/mol. The highest BCUT2D eigenvalue weighted by Crippen LogP contribution is 2.29. The summed E-state index contributed by atoms with van der Waals surface area (Å²) < 4.78 is 47.0. The van der Waals surface area contributed by atoms with Crippen molar-refractivity contribution in [1.29, 1.82) is 0 Å². The van der Waals surface area contributed by atoms with Crippen LogP contribution < -0.4 is 4.74 Å². The molecule has 19 heavy (non-hydrogen) atoms. The summed E-state index contributed by atoms with van der Waals surface area (Å²) in [5.41, 5.74) is 0. The van der Waals surface area contributed by atoms with Crippen molar-refractivity contribution in [3.05, 3.63) is 41.1 Å². The molecule has 0 N–H and O–H groups in total. The summed E-state index contributed by atoms with van der Waals surface area (Å²) in [7, 11) is 0. The first-order valence-corrected chi connectivity index (χ1v) is 5.59. The van der Waals surface area contributed by atoms with Crippen molar-refractivity contribution in [1.82, 2.24) is 0 Å². The fourth-order valence-electron chi connectivity index (χ4n) is 1.09. The minimum atomic E-state index is -4.80. The van der Waals surface area contributed by atoms with Gasteiger partial charge in [-0.2, -0.15) is 13.2 Å². The van der Waals surface area contributed by atoms with Gasteiger partial charge in [-0.1, -0.05) is 11.6 Å². The van der Waals surface area contributed by atoms with Gasteiger partial charge in [-0.25, -0.2) is 4.79 Å². The van der Waals surface area contributed by atoms with Gasteiger partial charge in [0.2, 0.25) is 5.76 Å². The van der Waals surface area contributed by atoms with E-state index in [1.54, 1.807) is 0 Å². The van der Waals surface area contributed by atoms with Crippen LogP contribution in [-0.4, -0.2) is 18.8 Å². The van der Waals surface area contributed by atoms with E-state index in [4.69, 9.17) is 11.6 Å². The Morgan fingerprint density at radius 2 is 1.89 bits per heavy atom. The Balaban J connectivity index is 2.93. The van der Waals surface area contributed by atoms with Crippen LogP contribution in [-0.2, 0) is 9.53 Å². The highest BCUT2D eigenvalue weighted by Gasteiger charge is 2.37. The summed E-state index contributed by atoms with van der Waals surface area (Å²) in [5, 5.41) is 0.357. The maximum Gasteiger partial charge on any atom is 0.449 e. The van der Waals surface area contributed by atoms with E-state index in [9.17, 15) is 18.0 Å². The first-order chi connectivity index (χ1) is 8.82. The second kappa shape index (κ2) is 6.47. The van der Waals surface area contributed by atoms with Crippen molar-refractivity contribution in [3.63, 3.8) is 0 Å². The summed E-state index contributed by atoms with van der Waals surface area (Å²) in [6.45, 7) is 1.46. The fourth-order valence-corrected chi connectivity index (χ4v) is 1.22. The van der Waals surface area contributed by atoms with E-state index < -0.39 is 17.9 Å². The molecule has 0 saturated carbocycles. The molecule has 0 heterocycles. The molecular formula is C12H10ClF3O3. The van der Waals surface area contributed by atoms with Crippen LogP contribution in [0.4, 0.5) is 13.2 Å². The molecule has 1 rings (SSSR count). The average Bonchev–Trinajstić information content (AvgIpc) is 2.30. The van der Waals surface area contributed by atoms with Crippen molar-refractivity contribution in [2.45, 2.75) is 13.1 Å². The Bertz CT molecular complexity index is 466. The minimum absolute atomic E-state index is 0.0264. The number of benzene rings is 1. The molecule has 0 aromatic heterocycles. The second-order valence-corrected chi connectivity index (χ2v) is 3.75. The van der Waals surface area contributed by atoms with Crippen molar-refractivity contribution in [3.8, 4) is 5.75 Å². The maximum absolute atomic E-state index is 12.7. The van der Waals surface area contributed by atoms with Crippen molar-refractivity contribution in [2.75, 3.05) is 6.61 Å². The summed E-state index contributed by atoms with van der Waals surface area (Å²) in [6.07, 6.45) is -4.54. The van der Waals surface area contributed by atoms with Crippen molar-refractivity contribution >= 4 is 17.6 Å². The maximum atomic E-state index is 12.7. The van der Waals surface area contributed by atoms with Crippen LogP contribution in [0, 0.1) is 0 Å². The molecule has 104 valence electrons. The lowest BCUT2D eigenvalue weighted by Crippen LogP contribution is -2.19. The van der Waals surface area contributed by atoms with E-state index in [1.807, 2.05) is 0 Å². The number of ether oxygens (including phenoxy) is 2. The third-order valence-electron chi connectivity index (χ3n) is 1.86. The van der Waals surface area contributed by atoms with Crippen LogP contribution in [0.2, 0.25) is 5.02 Å². The Morgan fingerprint density at radius 1 is 1.32 bits per heavy atom. The molecule has 0 unspecified atom stereocenters. The van der Waals surface area contributed by atoms with Crippen LogP contribution in [0.25, 0.3) is 0 Å². The molecule has 0 fully saturated rings. The van der Waals surface area contributed by atoms with Gasteiger partial charge >= 0.3 is 12.1 Å². The highest BCUT2D eigenvalue weighted by molar-refractivity contribution is 6.30. The number of hydrogen-bond donors (Lipinski definition) is 0. The minimum Gasteiger partial charge on any atom is -0.463 e. The lowest BCUT2D eigenvalue weighted by molar-refractivity contribution is -0.140.